The third-order valence-corrected chi connectivity index (χ3v) is 4.87. The Bertz CT molecular complexity index is 447. The van der Waals surface area contributed by atoms with Gasteiger partial charge in [-0.1, -0.05) is 0 Å². The Morgan fingerprint density at radius 1 is 1.39 bits per heavy atom. The summed E-state index contributed by atoms with van der Waals surface area (Å²) in [7, 11) is 2.14. The molecule has 0 aromatic carbocycles. The summed E-state index contributed by atoms with van der Waals surface area (Å²) in [6.07, 6.45) is 0. The van der Waals surface area contributed by atoms with Crippen molar-refractivity contribution in [3.8, 4) is 0 Å². The first kappa shape index (κ1) is 13.2. The van der Waals surface area contributed by atoms with Gasteiger partial charge in [-0.15, -0.1) is 11.3 Å². The summed E-state index contributed by atoms with van der Waals surface area (Å²) in [6.45, 7) is 6.29. The van der Waals surface area contributed by atoms with E-state index < -0.39 is 5.91 Å². The first-order valence-electron chi connectivity index (χ1n) is 6.06. The topological polar surface area (TPSA) is 75.6 Å². The number of nitrogens with zero attached hydrogens (tertiary/aromatic N) is 2. The highest BCUT2D eigenvalue weighted by molar-refractivity contribution is 7.18. The molecule has 2 unspecified atom stereocenters. The number of piperazine rings is 1. The van der Waals surface area contributed by atoms with E-state index in [1.54, 1.807) is 0 Å². The first-order valence-corrected chi connectivity index (χ1v) is 6.87. The van der Waals surface area contributed by atoms with Crippen molar-refractivity contribution in [2.75, 3.05) is 30.8 Å². The molecule has 2 rings (SSSR count). The van der Waals surface area contributed by atoms with Crippen molar-refractivity contribution in [1.29, 1.82) is 0 Å². The molecule has 5 nitrogen and oxygen atoms in total. The van der Waals surface area contributed by atoms with Crippen LogP contribution in [-0.2, 0) is 0 Å². The molecular weight excluding hydrogens is 248 g/mol. The lowest BCUT2D eigenvalue weighted by Crippen LogP contribution is -2.54. The number of nitrogens with two attached hydrogens (primary N) is 2. The van der Waals surface area contributed by atoms with Gasteiger partial charge in [0.05, 0.1) is 10.7 Å². The highest BCUT2D eigenvalue weighted by Gasteiger charge is 2.28. The van der Waals surface area contributed by atoms with E-state index >= 15 is 0 Å². The van der Waals surface area contributed by atoms with E-state index in [4.69, 9.17) is 11.5 Å². The second-order valence-corrected chi connectivity index (χ2v) is 6.03. The van der Waals surface area contributed by atoms with E-state index in [1.165, 1.54) is 11.3 Å². The molecule has 1 amide bonds. The maximum Gasteiger partial charge on any atom is 0.260 e. The normalized spacial score (nSPS) is 25.4. The zero-order chi connectivity index (χ0) is 13.4. The van der Waals surface area contributed by atoms with Crippen LogP contribution in [0.25, 0.3) is 0 Å². The number of amides is 1. The summed E-state index contributed by atoms with van der Waals surface area (Å²) in [5.74, 6) is -0.445. The minimum Gasteiger partial charge on any atom is -0.397 e. The molecule has 2 heterocycles. The molecule has 100 valence electrons. The number of hydrogen-bond donors (Lipinski definition) is 2. The standard InChI is InChI=1S/C12H20N4OS/c1-7-5-16(6-8(2)15(7)3)10-4-9(13)11(18-10)12(14)17/h4,7-8H,5-6,13H2,1-3H3,(H2,14,17). The maximum atomic E-state index is 11.2. The molecule has 1 saturated heterocycles. The molecule has 0 bridgehead atoms. The van der Waals surface area contributed by atoms with Crippen molar-refractivity contribution in [2.24, 2.45) is 5.73 Å². The molecular formula is C12H20N4OS. The predicted octanol–water partition coefficient (Wildman–Crippen LogP) is 0.958. The first-order chi connectivity index (χ1) is 8.40. The second-order valence-electron chi connectivity index (χ2n) is 5.00. The van der Waals surface area contributed by atoms with Crippen LogP contribution in [0.5, 0.6) is 0 Å². The fourth-order valence-electron chi connectivity index (χ4n) is 2.32. The molecule has 0 aliphatic carbocycles. The predicted molar refractivity (Wildman–Crippen MR) is 76.1 cm³/mol. The fraction of sp³-hybridized carbons (Fsp3) is 0.583. The quantitative estimate of drug-likeness (QED) is 0.837. The molecule has 6 heteroatoms. The SMILES string of the molecule is CC1CN(c2cc(N)c(C(N)=O)s2)CC(C)N1C. The second kappa shape index (κ2) is 4.78. The number of primary amides is 1. The van der Waals surface area contributed by atoms with Gasteiger partial charge in [0.15, 0.2) is 0 Å². The fourth-order valence-corrected chi connectivity index (χ4v) is 3.27. The van der Waals surface area contributed by atoms with Crippen LogP contribution in [0.4, 0.5) is 10.7 Å². The average molecular weight is 268 g/mol. The number of likely N-dealkylation sites (N-methyl/N-ethyl adjacent to an activating group) is 1. The number of carbonyl (C=O) groups is 1. The average Bonchev–Trinajstić information content (AvgIpc) is 2.67. The van der Waals surface area contributed by atoms with Crippen molar-refractivity contribution >= 4 is 27.9 Å². The summed E-state index contributed by atoms with van der Waals surface area (Å²) in [4.78, 5) is 16.3. The minimum absolute atomic E-state index is 0.445. The molecule has 1 aromatic rings. The lowest BCUT2D eigenvalue weighted by molar-refractivity contribution is 0.100. The van der Waals surface area contributed by atoms with E-state index in [2.05, 4.69) is 30.7 Å². The third-order valence-electron chi connectivity index (χ3n) is 3.64. The third kappa shape index (κ3) is 2.30. The summed E-state index contributed by atoms with van der Waals surface area (Å²) in [6, 6.07) is 2.82. The van der Waals surface area contributed by atoms with Gasteiger partial charge >= 0.3 is 0 Å². The lowest BCUT2D eigenvalue weighted by atomic mass is 10.1. The molecule has 18 heavy (non-hydrogen) atoms. The Balaban J connectivity index is 2.22. The molecule has 1 aliphatic heterocycles. The van der Waals surface area contributed by atoms with Crippen molar-refractivity contribution in [1.82, 2.24) is 4.90 Å². The van der Waals surface area contributed by atoms with Gasteiger partial charge in [0.25, 0.3) is 5.91 Å². The Kier molecular flexibility index (Phi) is 3.49. The Morgan fingerprint density at radius 3 is 2.39 bits per heavy atom. The monoisotopic (exact) mass is 268 g/mol. The Morgan fingerprint density at radius 2 is 1.94 bits per heavy atom. The molecule has 1 fully saturated rings. The molecule has 4 N–H and O–H groups in total. The summed E-state index contributed by atoms with van der Waals surface area (Å²) in [5.41, 5.74) is 11.6. The van der Waals surface area contributed by atoms with Crippen LogP contribution in [0.2, 0.25) is 0 Å². The van der Waals surface area contributed by atoms with Gasteiger partial charge in [0.2, 0.25) is 0 Å². The van der Waals surface area contributed by atoms with Gasteiger partial charge in [0, 0.05) is 25.2 Å². The van der Waals surface area contributed by atoms with Crippen LogP contribution in [0.3, 0.4) is 0 Å². The number of thiophene rings is 1. The van der Waals surface area contributed by atoms with E-state index in [0.717, 1.165) is 18.1 Å². The molecule has 2 atom stereocenters. The summed E-state index contributed by atoms with van der Waals surface area (Å²) in [5, 5.41) is 1.04. The zero-order valence-electron chi connectivity index (χ0n) is 11.0. The minimum atomic E-state index is -0.445. The van der Waals surface area contributed by atoms with E-state index in [-0.39, 0.29) is 0 Å². The summed E-state index contributed by atoms with van der Waals surface area (Å²) >= 11 is 1.39. The highest BCUT2D eigenvalue weighted by Crippen LogP contribution is 2.33. The van der Waals surface area contributed by atoms with Gasteiger partial charge in [0.1, 0.15) is 4.88 Å². The van der Waals surface area contributed by atoms with Crippen molar-refractivity contribution < 1.29 is 4.79 Å². The number of carbonyl (C=O) groups excluding carboxylic acids is 1. The lowest BCUT2D eigenvalue weighted by Gasteiger charge is -2.42. The maximum absolute atomic E-state index is 11.2. The molecule has 0 saturated carbocycles. The number of rotatable bonds is 2. The van der Waals surface area contributed by atoms with Gasteiger partial charge in [-0.2, -0.15) is 0 Å². The number of nitrogen functional groups attached to an aromatic ring is 1. The van der Waals surface area contributed by atoms with E-state index in [1.807, 2.05) is 6.07 Å². The number of anilines is 2. The van der Waals surface area contributed by atoms with E-state index in [9.17, 15) is 4.79 Å². The molecule has 1 aromatic heterocycles. The largest absolute Gasteiger partial charge is 0.397 e. The van der Waals surface area contributed by atoms with Crippen LogP contribution in [-0.4, -0.2) is 43.0 Å². The number of hydrogen-bond acceptors (Lipinski definition) is 5. The van der Waals surface area contributed by atoms with Crippen LogP contribution >= 0.6 is 11.3 Å². The van der Waals surface area contributed by atoms with Gasteiger partial charge < -0.3 is 16.4 Å². The Hall–Kier alpha value is -1.27. The zero-order valence-corrected chi connectivity index (χ0v) is 11.8. The van der Waals surface area contributed by atoms with E-state index in [0.29, 0.717) is 22.6 Å². The molecule has 1 aliphatic rings. The van der Waals surface area contributed by atoms with Crippen LogP contribution in [0.15, 0.2) is 6.07 Å². The van der Waals surface area contributed by atoms with Crippen LogP contribution in [0, 0.1) is 0 Å². The van der Waals surface area contributed by atoms with Gasteiger partial charge in [-0.05, 0) is 27.0 Å². The highest BCUT2D eigenvalue weighted by atomic mass is 32.1. The van der Waals surface area contributed by atoms with Crippen LogP contribution in [0.1, 0.15) is 23.5 Å². The van der Waals surface area contributed by atoms with Crippen LogP contribution < -0.4 is 16.4 Å². The van der Waals surface area contributed by atoms with Gasteiger partial charge in [-0.3, -0.25) is 9.69 Å². The molecule has 0 radical (unpaired) electrons. The van der Waals surface area contributed by atoms with Crippen molar-refractivity contribution in [3.63, 3.8) is 0 Å². The van der Waals surface area contributed by atoms with Gasteiger partial charge in [-0.25, -0.2) is 0 Å². The smallest absolute Gasteiger partial charge is 0.260 e. The van der Waals surface area contributed by atoms with Crippen molar-refractivity contribution in [2.45, 2.75) is 25.9 Å². The van der Waals surface area contributed by atoms with Crippen molar-refractivity contribution in [3.05, 3.63) is 10.9 Å². The molecule has 0 spiro atoms. The Labute approximate surface area is 111 Å². The summed E-state index contributed by atoms with van der Waals surface area (Å²) < 4.78 is 0.